The average Bonchev–Trinajstić information content (AvgIpc) is 2.25. The summed E-state index contributed by atoms with van der Waals surface area (Å²) in [5, 5.41) is 0. The molecule has 0 bridgehead atoms. The molecule has 1 rings (SSSR count). The molecule has 0 radical (unpaired) electrons. The van der Waals surface area contributed by atoms with Crippen LogP contribution >= 0.6 is 0 Å². The van der Waals surface area contributed by atoms with E-state index in [1.54, 1.807) is 20.8 Å². The molecule has 7 nitrogen and oxygen atoms in total. The summed E-state index contributed by atoms with van der Waals surface area (Å²) in [6, 6.07) is -0.840. The maximum Gasteiger partial charge on any atom is 0.411 e. The summed E-state index contributed by atoms with van der Waals surface area (Å²) in [4.78, 5) is 37.5. The lowest BCUT2D eigenvalue weighted by atomic mass is 10.1. The number of ether oxygens (including phenoxy) is 1. The van der Waals surface area contributed by atoms with Crippen LogP contribution in [0.2, 0.25) is 0 Å². The van der Waals surface area contributed by atoms with Gasteiger partial charge in [-0.15, -0.1) is 0 Å². The molecular formula is C12H21N3O4. The highest BCUT2D eigenvalue weighted by atomic mass is 16.6. The largest absolute Gasteiger partial charge is 0.444 e. The van der Waals surface area contributed by atoms with E-state index in [2.05, 4.69) is 0 Å². The minimum Gasteiger partial charge on any atom is -0.444 e. The van der Waals surface area contributed by atoms with E-state index in [1.165, 1.54) is 16.7 Å². The summed E-state index contributed by atoms with van der Waals surface area (Å²) in [7, 11) is 0. The highest BCUT2D eigenvalue weighted by molar-refractivity contribution is 5.86. The van der Waals surface area contributed by atoms with Crippen LogP contribution in [0.25, 0.3) is 0 Å². The molecule has 3 amide bonds. The number of rotatable bonds is 1. The second kappa shape index (κ2) is 5.46. The Bertz CT molecular complexity index is 389. The lowest BCUT2D eigenvalue weighted by molar-refractivity contribution is -0.135. The fourth-order valence-electron chi connectivity index (χ4n) is 1.85. The Hall–Kier alpha value is -1.79. The molecule has 1 aliphatic rings. The summed E-state index contributed by atoms with van der Waals surface area (Å²) in [6.07, 6.45) is -0.584. The zero-order valence-electron chi connectivity index (χ0n) is 11.8. The van der Waals surface area contributed by atoms with Crippen molar-refractivity contribution in [3.63, 3.8) is 0 Å². The van der Waals surface area contributed by atoms with Gasteiger partial charge in [0.2, 0.25) is 11.8 Å². The van der Waals surface area contributed by atoms with Crippen LogP contribution in [0.1, 0.15) is 27.7 Å². The van der Waals surface area contributed by atoms with E-state index in [9.17, 15) is 14.4 Å². The molecule has 0 saturated carbocycles. The highest BCUT2D eigenvalue weighted by Gasteiger charge is 2.37. The predicted octanol–water partition coefficient (Wildman–Crippen LogP) is -0.0605. The monoisotopic (exact) mass is 271 g/mol. The van der Waals surface area contributed by atoms with Crippen molar-refractivity contribution in [2.24, 2.45) is 5.73 Å². The molecule has 0 aliphatic carbocycles. The molecule has 2 N–H and O–H groups in total. The van der Waals surface area contributed by atoms with Crippen LogP contribution in [-0.4, -0.2) is 59.0 Å². The van der Waals surface area contributed by atoms with Crippen LogP contribution in [0.5, 0.6) is 0 Å². The van der Waals surface area contributed by atoms with Gasteiger partial charge in [0.1, 0.15) is 11.6 Å². The van der Waals surface area contributed by atoms with Gasteiger partial charge in [-0.1, -0.05) is 0 Å². The number of nitrogens with zero attached hydrogens (tertiary/aromatic N) is 2. The van der Waals surface area contributed by atoms with E-state index >= 15 is 0 Å². The van der Waals surface area contributed by atoms with Gasteiger partial charge in [0.05, 0.1) is 6.54 Å². The van der Waals surface area contributed by atoms with Crippen molar-refractivity contribution in [3.05, 3.63) is 0 Å². The highest BCUT2D eigenvalue weighted by Crippen LogP contribution is 2.15. The molecule has 1 saturated heterocycles. The SMILES string of the molecule is CC(=O)N1CCN(C(=O)OC(C)(C)C)C(C(N)=O)C1. The van der Waals surface area contributed by atoms with Crippen LogP contribution in [-0.2, 0) is 14.3 Å². The van der Waals surface area contributed by atoms with Crippen LogP contribution in [0, 0.1) is 0 Å². The Kier molecular flexibility index (Phi) is 4.39. The molecule has 19 heavy (non-hydrogen) atoms. The molecule has 0 aromatic heterocycles. The molecule has 0 aromatic carbocycles. The van der Waals surface area contributed by atoms with Crippen molar-refractivity contribution in [2.75, 3.05) is 19.6 Å². The van der Waals surface area contributed by atoms with Crippen molar-refractivity contribution in [2.45, 2.75) is 39.3 Å². The number of carbonyl (C=O) groups excluding carboxylic acids is 3. The first-order chi connectivity index (χ1) is 8.61. The molecule has 1 unspecified atom stereocenters. The normalized spacial score (nSPS) is 20.1. The van der Waals surface area contributed by atoms with E-state index in [0.717, 1.165) is 0 Å². The third kappa shape index (κ3) is 4.11. The topological polar surface area (TPSA) is 92.9 Å². The predicted molar refractivity (Wildman–Crippen MR) is 68.2 cm³/mol. The van der Waals surface area contributed by atoms with Crippen molar-refractivity contribution in [3.8, 4) is 0 Å². The first-order valence-corrected chi connectivity index (χ1v) is 6.16. The van der Waals surface area contributed by atoms with Crippen molar-refractivity contribution < 1.29 is 19.1 Å². The number of hydrogen-bond donors (Lipinski definition) is 1. The number of nitrogens with two attached hydrogens (primary N) is 1. The molecule has 1 heterocycles. The van der Waals surface area contributed by atoms with Gasteiger partial charge in [-0.25, -0.2) is 4.79 Å². The van der Waals surface area contributed by atoms with E-state index in [4.69, 9.17) is 10.5 Å². The van der Waals surface area contributed by atoms with E-state index in [0.29, 0.717) is 6.54 Å². The number of hydrogen-bond acceptors (Lipinski definition) is 4. The number of primary amides is 1. The quantitative estimate of drug-likeness (QED) is 0.723. The Morgan fingerprint density at radius 1 is 1.21 bits per heavy atom. The van der Waals surface area contributed by atoms with Crippen LogP contribution < -0.4 is 5.73 Å². The summed E-state index contributed by atoms with van der Waals surface area (Å²) in [5.74, 6) is -0.785. The van der Waals surface area contributed by atoms with Crippen LogP contribution in [0.4, 0.5) is 4.79 Å². The minimum atomic E-state index is -0.840. The number of amides is 3. The molecular weight excluding hydrogens is 250 g/mol. The number of piperazine rings is 1. The van der Waals surface area contributed by atoms with Crippen LogP contribution in [0.15, 0.2) is 0 Å². The van der Waals surface area contributed by atoms with E-state index in [-0.39, 0.29) is 19.0 Å². The molecule has 7 heteroatoms. The second-order valence-corrected chi connectivity index (χ2v) is 5.56. The van der Waals surface area contributed by atoms with Gasteiger partial charge in [-0.2, -0.15) is 0 Å². The Morgan fingerprint density at radius 3 is 2.21 bits per heavy atom. The maximum atomic E-state index is 12.0. The summed E-state index contributed by atoms with van der Waals surface area (Å²) < 4.78 is 5.23. The standard InChI is InChI=1S/C12H21N3O4/c1-8(16)14-5-6-15(9(7-14)10(13)17)11(18)19-12(2,3)4/h9H,5-7H2,1-4H3,(H2,13,17). The zero-order valence-corrected chi connectivity index (χ0v) is 11.8. The van der Waals surface area contributed by atoms with Crippen molar-refractivity contribution >= 4 is 17.9 Å². The zero-order chi connectivity index (χ0) is 14.8. The van der Waals surface area contributed by atoms with Gasteiger partial charge in [0.15, 0.2) is 0 Å². The van der Waals surface area contributed by atoms with Gasteiger partial charge < -0.3 is 15.4 Å². The Balaban J connectivity index is 2.80. The molecule has 1 aliphatic heterocycles. The fourth-order valence-corrected chi connectivity index (χ4v) is 1.85. The third-order valence-corrected chi connectivity index (χ3v) is 2.78. The lowest BCUT2D eigenvalue weighted by Gasteiger charge is -2.39. The van der Waals surface area contributed by atoms with Gasteiger partial charge in [0.25, 0.3) is 0 Å². The smallest absolute Gasteiger partial charge is 0.411 e. The van der Waals surface area contributed by atoms with Crippen LogP contribution in [0.3, 0.4) is 0 Å². The van der Waals surface area contributed by atoms with E-state index < -0.39 is 23.6 Å². The molecule has 0 spiro atoms. The van der Waals surface area contributed by atoms with Gasteiger partial charge in [0, 0.05) is 20.0 Å². The van der Waals surface area contributed by atoms with Crippen molar-refractivity contribution in [1.29, 1.82) is 0 Å². The fraction of sp³-hybridized carbons (Fsp3) is 0.750. The number of carbonyl (C=O) groups is 3. The first-order valence-electron chi connectivity index (χ1n) is 6.16. The summed E-state index contributed by atoms with van der Waals surface area (Å²) in [5.41, 5.74) is 4.65. The van der Waals surface area contributed by atoms with Gasteiger partial charge in [-0.05, 0) is 20.8 Å². The molecule has 1 atom stereocenters. The molecule has 0 aromatic rings. The summed E-state index contributed by atoms with van der Waals surface area (Å²) in [6.45, 7) is 7.38. The molecule has 108 valence electrons. The van der Waals surface area contributed by atoms with E-state index in [1.807, 2.05) is 0 Å². The third-order valence-electron chi connectivity index (χ3n) is 2.78. The second-order valence-electron chi connectivity index (χ2n) is 5.56. The van der Waals surface area contributed by atoms with Gasteiger partial charge >= 0.3 is 6.09 Å². The molecule has 1 fully saturated rings. The van der Waals surface area contributed by atoms with Crippen molar-refractivity contribution in [1.82, 2.24) is 9.80 Å². The maximum absolute atomic E-state index is 12.0. The lowest BCUT2D eigenvalue weighted by Crippen LogP contribution is -2.61. The Morgan fingerprint density at radius 2 is 1.79 bits per heavy atom. The average molecular weight is 271 g/mol. The Labute approximate surface area is 112 Å². The summed E-state index contributed by atoms with van der Waals surface area (Å²) >= 11 is 0. The minimum absolute atomic E-state index is 0.115. The first kappa shape index (κ1) is 15.3. The van der Waals surface area contributed by atoms with Gasteiger partial charge in [-0.3, -0.25) is 14.5 Å².